The van der Waals surface area contributed by atoms with Gasteiger partial charge in [0.15, 0.2) is 0 Å². The van der Waals surface area contributed by atoms with Gasteiger partial charge in [-0.15, -0.1) is 0 Å². The van der Waals surface area contributed by atoms with Gasteiger partial charge in [-0.05, 0) is 24.8 Å². The Morgan fingerprint density at radius 2 is 2.16 bits per heavy atom. The van der Waals surface area contributed by atoms with Gasteiger partial charge >= 0.3 is 5.97 Å². The van der Waals surface area contributed by atoms with E-state index in [0.29, 0.717) is 18.6 Å². The highest BCUT2D eigenvalue weighted by Crippen LogP contribution is 2.35. The number of halogens is 2. The molecule has 104 valence electrons. The molecular formula is C13H15F2NO3. The summed E-state index contributed by atoms with van der Waals surface area (Å²) < 4.78 is 31.9. The summed E-state index contributed by atoms with van der Waals surface area (Å²) in [7, 11) is 1.54. The van der Waals surface area contributed by atoms with Crippen LogP contribution in [-0.4, -0.2) is 30.8 Å². The summed E-state index contributed by atoms with van der Waals surface area (Å²) in [5.41, 5.74) is -0.552. The van der Waals surface area contributed by atoms with E-state index < -0.39 is 23.2 Å². The van der Waals surface area contributed by atoms with Gasteiger partial charge in [-0.1, -0.05) is 0 Å². The zero-order valence-corrected chi connectivity index (χ0v) is 10.5. The molecule has 0 spiro atoms. The molecule has 0 aromatic heterocycles. The third-order valence-electron chi connectivity index (χ3n) is 3.17. The maximum absolute atomic E-state index is 13.6. The normalized spacial score (nSPS) is 16.2. The van der Waals surface area contributed by atoms with Crippen molar-refractivity contribution < 1.29 is 23.4 Å². The molecule has 0 amide bonds. The molecule has 0 aliphatic heterocycles. The number of carboxylic acids is 1. The first-order chi connectivity index (χ1) is 9.02. The van der Waals surface area contributed by atoms with E-state index in [1.807, 2.05) is 0 Å². The Hall–Kier alpha value is -1.69. The summed E-state index contributed by atoms with van der Waals surface area (Å²) in [5, 5.41) is 11.7. The van der Waals surface area contributed by atoms with Crippen LogP contribution in [0.3, 0.4) is 0 Å². The van der Waals surface area contributed by atoms with Crippen LogP contribution in [0.4, 0.5) is 14.5 Å². The Morgan fingerprint density at radius 1 is 1.47 bits per heavy atom. The fraction of sp³-hybridized carbons (Fsp3) is 0.462. The Kier molecular flexibility index (Phi) is 3.99. The summed E-state index contributed by atoms with van der Waals surface area (Å²) in [5.74, 6) is -2.91. The minimum atomic E-state index is -1.42. The topological polar surface area (TPSA) is 58.6 Å². The number of nitrogens with one attached hydrogen (secondary N) is 1. The van der Waals surface area contributed by atoms with Crippen molar-refractivity contribution in [1.82, 2.24) is 0 Å². The Morgan fingerprint density at radius 3 is 2.68 bits per heavy atom. The number of rotatable bonds is 6. The molecule has 0 bridgehead atoms. The van der Waals surface area contributed by atoms with E-state index in [2.05, 4.69) is 5.32 Å². The third kappa shape index (κ3) is 3.20. The van der Waals surface area contributed by atoms with Crippen molar-refractivity contribution in [3.05, 3.63) is 29.3 Å². The molecule has 1 fully saturated rings. The second-order valence-electron chi connectivity index (χ2n) is 4.66. The van der Waals surface area contributed by atoms with E-state index in [0.717, 1.165) is 18.9 Å². The number of hydrogen-bond acceptors (Lipinski definition) is 3. The summed E-state index contributed by atoms with van der Waals surface area (Å²) in [4.78, 5) is 10.8. The highest BCUT2D eigenvalue weighted by Gasteiger charge is 2.32. The summed E-state index contributed by atoms with van der Waals surface area (Å²) in [6, 6.07) is 1.48. The standard InChI is InChI=1S/C13H15F2NO3/c1-19-6-12(7-2-3-7)16-11-4-8(13(17)18)9(14)5-10(11)15/h4-5,7,12,16H,2-3,6H2,1H3,(H,17,18). The average Bonchev–Trinajstić information content (AvgIpc) is 3.15. The van der Waals surface area contributed by atoms with Gasteiger partial charge in [0.1, 0.15) is 11.6 Å². The summed E-state index contributed by atoms with van der Waals surface area (Å²) >= 11 is 0. The van der Waals surface area contributed by atoms with Crippen LogP contribution in [0, 0.1) is 17.6 Å². The van der Waals surface area contributed by atoms with Gasteiger partial charge < -0.3 is 15.2 Å². The van der Waals surface area contributed by atoms with E-state index in [4.69, 9.17) is 9.84 Å². The van der Waals surface area contributed by atoms with E-state index in [-0.39, 0.29) is 11.7 Å². The predicted molar refractivity (Wildman–Crippen MR) is 65.3 cm³/mol. The largest absolute Gasteiger partial charge is 0.478 e. The number of carboxylic acid groups (broad SMARTS) is 1. The first-order valence-electron chi connectivity index (χ1n) is 6.00. The maximum Gasteiger partial charge on any atom is 0.338 e. The molecular weight excluding hydrogens is 256 g/mol. The van der Waals surface area contributed by atoms with Crippen LogP contribution in [0.5, 0.6) is 0 Å². The number of anilines is 1. The number of carbonyl (C=O) groups is 1. The van der Waals surface area contributed by atoms with Gasteiger partial charge in [-0.3, -0.25) is 0 Å². The van der Waals surface area contributed by atoms with Crippen molar-refractivity contribution in [3.8, 4) is 0 Å². The summed E-state index contributed by atoms with van der Waals surface area (Å²) in [6.07, 6.45) is 2.05. The minimum absolute atomic E-state index is 0.00671. The van der Waals surface area contributed by atoms with E-state index in [1.165, 1.54) is 0 Å². The molecule has 2 rings (SSSR count). The second kappa shape index (κ2) is 5.52. The lowest BCUT2D eigenvalue weighted by molar-refractivity contribution is 0.0692. The first-order valence-corrected chi connectivity index (χ1v) is 6.00. The van der Waals surface area contributed by atoms with Crippen LogP contribution in [-0.2, 0) is 4.74 Å². The van der Waals surface area contributed by atoms with Crippen molar-refractivity contribution in [2.24, 2.45) is 5.92 Å². The molecule has 1 aromatic carbocycles. The van der Waals surface area contributed by atoms with Crippen LogP contribution >= 0.6 is 0 Å². The lowest BCUT2D eigenvalue weighted by Crippen LogP contribution is -2.27. The van der Waals surface area contributed by atoms with Gasteiger partial charge in [-0.2, -0.15) is 0 Å². The molecule has 1 unspecified atom stereocenters. The third-order valence-corrected chi connectivity index (χ3v) is 3.17. The van der Waals surface area contributed by atoms with E-state index in [9.17, 15) is 13.6 Å². The molecule has 4 nitrogen and oxygen atoms in total. The quantitative estimate of drug-likeness (QED) is 0.834. The highest BCUT2D eigenvalue weighted by atomic mass is 19.1. The summed E-state index contributed by atoms with van der Waals surface area (Å²) in [6.45, 7) is 0.393. The fourth-order valence-electron chi connectivity index (χ4n) is 2.00. The van der Waals surface area contributed by atoms with Crippen molar-refractivity contribution >= 4 is 11.7 Å². The monoisotopic (exact) mass is 271 g/mol. The van der Waals surface area contributed by atoms with E-state index in [1.54, 1.807) is 7.11 Å². The van der Waals surface area contributed by atoms with Crippen molar-refractivity contribution in [3.63, 3.8) is 0 Å². The van der Waals surface area contributed by atoms with E-state index >= 15 is 0 Å². The van der Waals surface area contributed by atoms with Crippen molar-refractivity contribution in [2.75, 3.05) is 19.0 Å². The van der Waals surface area contributed by atoms with Crippen molar-refractivity contribution in [1.29, 1.82) is 0 Å². The minimum Gasteiger partial charge on any atom is -0.478 e. The second-order valence-corrected chi connectivity index (χ2v) is 4.66. The highest BCUT2D eigenvalue weighted by molar-refractivity contribution is 5.89. The molecule has 1 saturated carbocycles. The van der Waals surface area contributed by atoms with Crippen molar-refractivity contribution in [2.45, 2.75) is 18.9 Å². The van der Waals surface area contributed by atoms with Gasteiger partial charge in [-0.25, -0.2) is 13.6 Å². The lowest BCUT2D eigenvalue weighted by Gasteiger charge is -2.19. The number of benzene rings is 1. The Labute approximate surface area is 109 Å². The molecule has 1 aliphatic rings. The molecule has 6 heteroatoms. The molecule has 19 heavy (non-hydrogen) atoms. The van der Waals surface area contributed by atoms with Gasteiger partial charge in [0.05, 0.1) is 23.9 Å². The number of aromatic carboxylic acids is 1. The van der Waals surface area contributed by atoms with Crippen LogP contribution in [0.25, 0.3) is 0 Å². The maximum atomic E-state index is 13.6. The average molecular weight is 271 g/mol. The van der Waals surface area contributed by atoms with Gasteiger partial charge in [0.25, 0.3) is 0 Å². The van der Waals surface area contributed by atoms with Crippen LogP contribution < -0.4 is 5.32 Å². The molecule has 0 radical (unpaired) electrons. The van der Waals surface area contributed by atoms with Gasteiger partial charge in [0, 0.05) is 13.2 Å². The zero-order chi connectivity index (χ0) is 14.0. The Balaban J connectivity index is 2.23. The van der Waals surface area contributed by atoms with Crippen LogP contribution in [0.15, 0.2) is 12.1 Å². The zero-order valence-electron chi connectivity index (χ0n) is 10.5. The lowest BCUT2D eigenvalue weighted by atomic mass is 10.1. The molecule has 1 aromatic rings. The number of methoxy groups -OCH3 is 1. The Bertz CT molecular complexity index is 489. The van der Waals surface area contributed by atoms with Crippen LogP contribution in [0.1, 0.15) is 23.2 Å². The first kappa shape index (κ1) is 13.7. The molecule has 0 heterocycles. The molecule has 0 saturated heterocycles. The molecule has 1 aliphatic carbocycles. The molecule has 2 N–H and O–H groups in total. The fourth-order valence-corrected chi connectivity index (χ4v) is 2.00. The smallest absolute Gasteiger partial charge is 0.338 e. The van der Waals surface area contributed by atoms with Crippen LogP contribution in [0.2, 0.25) is 0 Å². The molecule has 1 atom stereocenters. The predicted octanol–water partition coefficient (Wildman–Crippen LogP) is 2.50. The van der Waals surface area contributed by atoms with Gasteiger partial charge in [0.2, 0.25) is 0 Å². The SMILES string of the molecule is COCC(Nc1cc(C(=O)O)c(F)cc1F)C1CC1. The number of ether oxygens (including phenoxy) is 1. The number of hydrogen-bond donors (Lipinski definition) is 2.